The van der Waals surface area contributed by atoms with Gasteiger partial charge in [-0.05, 0) is 29.5 Å². The van der Waals surface area contributed by atoms with Crippen LogP contribution in [0.4, 0.5) is 17.1 Å². The minimum absolute atomic E-state index is 0.399. The smallest absolute Gasteiger partial charge is 0.0587 e. The third kappa shape index (κ3) is 2.01. The van der Waals surface area contributed by atoms with E-state index in [2.05, 4.69) is 26.1 Å². The van der Waals surface area contributed by atoms with Crippen molar-refractivity contribution < 1.29 is 0 Å². The minimum atomic E-state index is 0.399. The third-order valence-electron chi connectivity index (χ3n) is 2.75. The molecular formula is C12H21N3. The minimum Gasteiger partial charge on any atom is -0.397 e. The Morgan fingerprint density at radius 1 is 1.33 bits per heavy atom. The van der Waals surface area contributed by atoms with E-state index in [1.807, 2.05) is 13.1 Å². The number of hydrogen-bond donors (Lipinski definition) is 3. The van der Waals surface area contributed by atoms with Gasteiger partial charge < -0.3 is 16.8 Å². The molecular weight excluding hydrogens is 186 g/mol. The zero-order valence-corrected chi connectivity index (χ0v) is 10.0. The highest BCUT2D eigenvalue weighted by molar-refractivity contribution is 5.77. The molecule has 0 atom stereocenters. The van der Waals surface area contributed by atoms with Crippen molar-refractivity contribution in [1.82, 2.24) is 0 Å². The SMILES string of the molecule is CCc1c(NC)cc(N)c(N)c1C(C)C. The fourth-order valence-electron chi connectivity index (χ4n) is 2.05. The normalized spacial score (nSPS) is 10.7. The first-order valence-corrected chi connectivity index (χ1v) is 5.41. The molecule has 0 aliphatic carbocycles. The van der Waals surface area contributed by atoms with Gasteiger partial charge in [0.1, 0.15) is 0 Å². The van der Waals surface area contributed by atoms with Crippen molar-refractivity contribution in [2.75, 3.05) is 23.8 Å². The zero-order valence-electron chi connectivity index (χ0n) is 10.0. The molecule has 0 saturated heterocycles. The van der Waals surface area contributed by atoms with E-state index in [9.17, 15) is 0 Å². The van der Waals surface area contributed by atoms with Crippen LogP contribution < -0.4 is 16.8 Å². The van der Waals surface area contributed by atoms with Crippen LogP contribution in [-0.2, 0) is 6.42 Å². The number of hydrogen-bond acceptors (Lipinski definition) is 3. The summed E-state index contributed by atoms with van der Waals surface area (Å²) in [6.07, 6.45) is 0.966. The summed E-state index contributed by atoms with van der Waals surface area (Å²) in [7, 11) is 1.91. The van der Waals surface area contributed by atoms with Crippen molar-refractivity contribution in [2.24, 2.45) is 0 Å². The van der Waals surface area contributed by atoms with Crippen LogP contribution in [0.15, 0.2) is 6.07 Å². The molecule has 0 aromatic heterocycles. The van der Waals surface area contributed by atoms with Crippen molar-refractivity contribution in [3.8, 4) is 0 Å². The average Bonchev–Trinajstić information content (AvgIpc) is 2.20. The molecule has 0 bridgehead atoms. The van der Waals surface area contributed by atoms with Crippen molar-refractivity contribution in [3.63, 3.8) is 0 Å². The van der Waals surface area contributed by atoms with Gasteiger partial charge in [0, 0.05) is 12.7 Å². The number of anilines is 3. The van der Waals surface area contributed by atoms with E-state index in [0.29, 0.717) is 11.6 Å². The maximum Gasteiger partial charge on any atom is 0.0587 e. The summed E-state index contributed by atoms with van der Waals surface area (Å²) in [4.78, 5) is 0. The molecule has 84 valence electrons. The van der Waals surface area contributed by atoms with Gasteiger partial charge in [0.2, 0.25) is 0 Å². The molecule has 0 aliphatic heterocycles. The number of nitrogens with two attached hydrogens (primary N) is 2. The molecule has 0 spiro atoms. The van der Waals surface area contributed by atoms with E-state index in [-0.39, 0.29) is 0 Å². The second-order valence-electron chi connectivity index (χ2n) is 4.08. The van der Waals surface area contributed by atoms with Crippen molar-refractivity contribution >= 4 is 17.1 Å². The van der Waals surface area contributed by atoms with E-state index >= 15 is 0 Å². The monoisotopic (exact) mass is 207 g/mol. The predicted molar refractivity (Wildman–Crippen MR) is 68.3 cm³/mol. The Morgan fingerprint density at radius 3 is 2.33 bits per heavy atom. The molecule has 0 unspecified atom stereocenters. The van der Waals surface area contributed by atoms with Gasteiger partial charge in [0.15, 0.2) is 0 Å². The van der Waals surface area contributed by atoms with Gasteiger partial charge in [-0.25, -0.2) is 0 Å². The number of nitrogen functional groups attached to an aromatic ring is 2. The first-order valence-electron chi connectivity index (χ1n) is 5.41. The number of benzene rings is 1. The molecule has 1 aromatic carbocycles. The van der Waals surface area contributed by atoms with E-state index in [0.717, 1.165) is 17.8 Å². The first kappa shape index (κ1) is 11.7. The van der Waals surface area contributed by atoms with Crippen LogP contribution >= 0.6 is 0 Å². The molecule has 0 heterocycles. The lowest BCUT2D eigenvalue weighted by Gasteiger charge is -2.20. The maximum atomic E-state index is 6.03. The lowest BCUT2D eigenvalue weighted by Crippen LogP contribution is -2.08. The Balaban J connectivity index is 3.49. The highest BCUT2D eigenvalue weighted by Crippen LogP contribution is 2.35. The largest absolute Gasteiger partial charge is 0.397 e. The van der Waals surface area contributed by atoms with Crippen molar-refractivity contribution in [2.45, 2.75) is 33.1 Å². The highest BCUT2D eigenvalue weighted by Gasteiger charge is 2.15. The van der Waals surface area contributed by atoms with E-state index in [1.54, 1.807) is 0 Å². The molecule has 0 radical (unpaired) electrons. The van der Waals surface area contributed by atoms with Crippen LogP contribution in [0.1, 0.15) is 37.8 Å². The Kier molecular flexibility index (Phi) is 3.45. The summed E-state index contributed by atoms with van der Waals surface area (Å²) in [6.45, 7) is 6.42. The highest BCUT2D eigenvalue weighted by atomic mass is 14.8. The van der Waals surface area contributed by atoms with Crippen LogP contribution in [0.2, 0.25) is 0 Å². The molecule has 1 rings (SSSR count). The summed E-state index contributed by atoms with van der Waals surface area (Å²) in [5.41, 5.74) is 16.9. The van der Waals surface area contributed by atoms with Gasteiger partial charge in [-0.2, -0.15) is 0 Å². The fourth-order valence-corrected chi connectivity index (χ4v) is 2.05. The second kappa shape index (κ2) is 4.43. The maximum absolute atomic E-state index is 6.03. The van der Waals surface area contributed by atoms with Gasteiger partial charge >= 0.3 is 0 Å². The number of rotatable bonds is 3. The zero-order chi connectivity index (χ0) is 11.6. The third-order valence-corrected chi connectivity index (χ3v) is 2.75. The summed E-state index contributed by atoms with van der Waals surface area (Å²) >= 11 is 0. The lowest BCUT2D eigenvalue weighted by atomic mass is 9.91. The Morgan fingerprint density at radius 2 is 1.93 bits per heavy atom. The summed E-state index contributed by atoms with van der Waals surface area (Å²) in [5, 5.41) is 3.17. The van der Waals surface area contributed by atoms with Gasteiger partial charge in [0.05, 0.1) is 11.4 Å². The molecule has 15 heavy (non-hydrogen) atoms. The summed E-state index contributed by atoms with van der Waals surface area (Å²) < 4.78 is 0. The average molecular weight is 207 g/mol. The second-order valence-corrected chi connectivity index (χ2v) is 4.08. The molecule has 0 fully saturated rings. The Labute approximate surface area is 91.9 Å². The molecule has 3 heteroatoms. The van der Waals surface area contributed by atoms with Gasteiger partial charge in [0.25, 0.3) is 0 Å². The quantitative estimate of drug-likeness (QED) is 0.667. The Bertz CT molecular complexity index is 356. The summed E-state index contributed by atoms with van der Waals surface area (Å²) in [6, 6.07) is 1.92. The van der Waals surface area contributed by atoms with Crippen LogP contribution in [-0.4, -0.2) is 7.05 Å². The van der Waals surface area contributed by atoms with E-state index in [4.69, 9.17) is 11.5 Å². The van der Waals surface area contributed by atoms with Gasteiger partial charge in [-0.15, -0.1) is 0 Å². The molecule has 0 amide bonds. The summed E-state index contributed by atoms with van der Waals surface area (Å²) in [5.74, 6) is 0.399. The topological polar surface area (TPSA) is 64.1 Å². The van der Waals surface area contributed by atoms with Crippen molar-refractivity contribution in [1.29, 1.82) is 0 Å². The van der Waals surface area contributed by atoms with Gasteiger partial charge in [-0.3, -0.25) is 0 Å². The molecule has 5 N–H and O–H groups in total. The lowest BCUT2D eigenvalue weighted by molar-refractivity contribution is 0.849. The van der Waals surface area contributed by atoms with Gasteiger partial charge in [-0.1, -0.05) is 20.8 Å². The molecule has 1 aromatic rings. The van der Waals surface area contributed by atoms with Crippen LogP contribution in [0, 0.1) is 0 Å². The van der Waals surface area contributed by atoms with E-state index < -0.39 is 0 Å². The van der Waals surface area contributed by atoms with E-state index in [1.165, 1.54) is 11.1 Å². The molecule has 3 nitrogen and oxygen atoms in total. The fraction of sp³-hybridized carbons (Fsp3) is 0.500. The predicted octanol–water partition coefficient (Wildman–Crippen LogP) is 2.58. The van der Waals surface area contributed by atoms with Crippen LogP contribution in [0.25, 0.3) is 0 Å². The molecule has 0 aliphatic rings. The van der Waals surface area contributed by atoms with Crippen LogP contribution in [0.3, 0.4) is 0 Å². The number of nitrogens with one attached hydrogen (secondary N) is 1. The molecule has 0 saturated carbocycles. The first-order chi connectivity index (χ1) is 7.02. The Hall–Kier alpha value is -1.38. The standard InChI is InChI=1S/C12H21N3/c1-5-8-10(15-4)6-9(13)12(14)11(8)7(2)3/h6-7,15H,5,13-14H2,1-4H3. The van der Waals surface area contributed by atoms with Crippen LogP contribution in [0.5, 0.6) is 0 Å². The van der Waals surface area contributed by atoms with Crippen molar-refractivity contribution in [3.05, 3.63) is 17.2 Å².